The zero-order valence-corrected chi connectivity index (χ0v) is 13.5. The number of imide groups is 1. The van der Waals surface area contributed by atoms with E-state index in [1.807, 2.05) is 6.07 Å². The summed E-state index contributed by atoms with van der Waals surface area (Å²) in [5.41, 5.74) is 1.47. The van der Waals surface area contributed by atoms with Gasteiger partial charge in [0, 0.05) is 0 Å². The third-order valence-corrected chi connectivity index (χ3v) is 4.74. The molecular weight excluding hydrogens is 308 g/mol. The molecule has 1 aliphatic rings. The summed E-state index contributed by atoms with van der Waals surface area (Å²) in [4.78, 5) is 24.4. The molecule has 8 heteroatoms. The van der Waals surface area contributed by atoms with Crippen LogP contribution in [0.1, 0.15) is 11.1 Å². The molecule has 0 saturated carbocycles. The van der Waals surface area contributed by atoms with Gasteiger partial charge in [-0.3, -0.25) is 0 Å². The van der Waals surface area contributed by atoms with Gasteiger partial charge in [-0.1, -0.05) is 12.1 Å². The number of carbonyl (C=O) groups is 2. The molecule has 0 bridgehead atoms. The molecule has 0 aliphatic carbocycles. The number of urea groups is 1. The predicted octanol–water partition coefficient (Wildman–Crippen LogP) is 0.686. The number of hydrogen-bond donors (Lipinski definition) is 0. The van der Waals surface area contributed by atoms with Crippen LogP contribution in [0.25, 0.3) is 0 Å². The van der Waals surface area contributed by atoms with E-state index in [0.29, 0.717) is 5.56 Å². The first-order valence-electron chi connectivity index (χ1n) is 6.53. The minimum Gasteiger partial charge on any atom is -0.381 e. The SMILES string of the molecule is Cc1ccc(C)c(OS(=O)(=O)C2C=[N+](C)C(=O)N(C)C2=O)c1. The van der Waals surface area contributed by atoms with Gasteiger partial charge in [0.25, 0.3) is 5.25 Å². The van der Waals surface area contributed by atoms with E-state index >= 15 is 0 Å². The maximum Gasteiger partial charge on any atom is 0.500 e. The van der Waals surface area contributed by atoms with E-state index in [1.54, 1.807) is 26.0 Å². The molecule has 7 nitrogen and oxygen atoms in total. The fourth-order valence-corrected chi connectivity index (χ4v) is 3.29. The van der Waals surface area contributed by atoms with Crippen LogP contribution >= 0.6 is 0 Å². The van der Waals surface area contributed by atoms with Crippen LogP contribution in [-0.2, 0) is 14.9 Å². The molecule has 0 spiro atoms. The van der Waals surface area contributed by atoms with Gasteiger partial charge in [0.05, 0.1) is 14.1 Å². The Morgan fingerprint density at radius 1 is 1.23 bits per heavy atom. The summed E-state index contributed by atoms with van der Waals surface area (Å²) >= 11 is 0. The summed E-state index contributed by atoms with van der Waals surface area (Å²) in [7, 11) is -1.64. The number of benzene rings is 1. The van der Waals surface area contributed by atoms with Crippen LogP contribution in [0.3, 0.4) is 0 Å². The fraction of sp³-hybridized carbons (Fsp3) is 0.357. The standard InChI is InChI=1S/C14H17N2O5S/c1-9-5-6-10(2)11(7-9)21-22(19,20)12-8-15(3)14(18)16(4)13(12)17/h5-8,12H,1-4H3/q+1. The fourth-order valence-electron chi connectivity index (χ4n) is 2.02. The van der Waals surface area contributed by atoms with E-state index in [-0.39, 0.29) is 5.75 Å². The lowest BCUT2D eigenvalue weighted by Gasteiger charge is -2.19. The second-order valence-corrected chi connectivity index (χ2v) is 6.87. The van der Waals surface area contributed by atoms with Crippen LogP contribution < -0.4 is 4.18 Å². The Kier molecular flexibility index (Phi) is 4.06. The molecule has 118 valence electrons. The highest BCUT2D eigenvalue weighted by Gasteiger charge is 2.47. The average Bonchev–Trinajstić information content (AvgIpc) is 2.44. The van der Waals surface area contributed by atoms with Gasteiger partial charge in [0.15, 0.2) is 0 Å². The molecular formula is C14H17N2O5S+. The van der Waals surface area contributed by atoms with Crippen molar-refractivity contribution >= 4 is 28.3 Å². The third kappa shape index (κ3) is 2.87. The molecule has 1 aromatic carbocycles. The predicted molar refractivity (Wildman–Crippen MR) is 79.7 cm³/mol. The minimum atomic E-state index is -4.25. The Hall–Kier alpha value is -2.22. The highest BCUT2D eigenvalue weighted by atomic mass is 32.2. The monoisotopic (exact) mass is 325 g/mol. The van der Waals surface area contributed by atoms with Crippen molar-refractivity contribution in [2.45, 2.75) is 19.1 Å². The van der Waals surface area contributed by atoms with Crippen LogP contribution in [-0.4, -0.2) is 55.4 Å². The molecule has 1 aliphatic heterocycles. The maximum atomic E-state index is 12.4. The number of amides is 3. The summed E-state index contributed by atoms with van der Waals surface area (Å²) in [6, 6.07) is 4.54. The van der Waals surface area contributed by atoms with E-state index in [2.05, 4.69) is 0 Å². The van der Waals surface area contributed by atoms with Crippen molar-refractivity contribution in [2.75, 3.05) is 14.1 Å². The molecule has 0 N–H and O–H groups in total. The third-order valence-electron chi connectivity index (χ3n) is 3.38. The number of carbonyl (C=O) groups excluding carboxylic acids is 2. The molecule has 2 rings (SSSR count). The summed E-state index contributed by atoms with van der Waals surface area (Å²) in [5, 5.41) is -1.56. The van der Waals surface area contributed by atoms with Crippen molar-refractivity contribution in [3.8, 4) is 5.75 Å². The molecule has 0 fully saturated rings. The van der Waals surface area contributed by atoms with Crippen molar-refractivity contribution in [1.82, 2.24) is 4.90 Å². The van der Waals surface area contributed by atoms with Gasteiger partial charge in [-0.15, -0.1) is 0 Å². The summed E-state index contributed by atoms with van der Waals surface area (Å²) < 4.78 is 30.9. The van der Waals surface area contributed by atoms with Gasteiger partial charge >= 0.3 is 22.1 Å². The number of aryl methyl sites for hydroxylation is 2. The molecule has 3 amide bonds. The van der Waals surface area contributed by atoms with Crippen LogP contribution in [0.4, 0.5) is 4.79 Å². The van der Waals surface area contributed by atoms with Gasteiger partial charge in [0.2, 0.25) is 0 Å². The zero-order valence-electron chi connectivity index (χ0n) is 12.7. The molecule has 0 saturated heterocycles. The molecule has 1 heterocycles. The minimum absolute atomic E-state index is 0.170. The summed E-state index contributed by atoms with van der Waals surface area (Å²) in [6.45, 7) is 3.51. The highest BCUT2D eigenvalue weighted by molar-refractivity contribution is 7.89. The van der Waals surface area contributed by atoms with Crippen LogP contribution in [0.15, 0.2) is 18.2 Å². The Balaban J connectivity index is 2.40. The van der Waals surface area contributed by atoms with E-state index in [1.165, 1.54) is 14.1 Å². The lowest BCUT2D eigenvalue weighted by Crippen LogP contribution is -2.54. The first kappa shape index (κ1) is 16.2. The molecule has 22 heavy (non-hydrogen) atoms. The molecule has 0 radical (unpaired) electrons. The quantitative estimate of drug-likeness (QED) is 0.603. The van der Waals surface area contributed by atoms with Gasteiger partial charge in [0.1, 0.15) is 12.0 Å². The molecule has 1 aromatic rings. The number of nitrogens with zero attached hydrogens (tertiary/aromatic N) is 2. The van der Waals surface area contributed by atoms with Gasteiger partial charge < -0.3 is 4.18 Å². The highest BCUT2D eigenvalue weighted by Crippen LogP contribution is 2.23. The Labute approximate surface area is 128 Å². The summed E-state index contributed by atoms with van der Waals surface area (Å²) in [6.07, 6.45) is 1.05. The normalized spacial score (nSPS) is 19.2. The van der Waals surface area contributed by atoms with Crippen molar-refractivity contribution in [2.24, 2.45) is 0 Å². The number of hydrogen-bond acceptors (Lipinski definition) is 5. The van der Waals surface area contributed by atoms with E-state index in [9.17, 15) is 18.0 Å². The Morgan fingerprint density at radius 3 is 2.50 bits per heavy atom. The first-order valence-corrected chi connectivity index (χ1v) is 8.00. The Bertz CT molecular complexity index is 782. The zero-order chi connectivity index (χ0) is 16.7. The van der Waals surface area contributed by atoms with Gasteiger partial charge in [-0.25, -0.2) is 9.37 Å². The van der Waals surface area contributed by atoms with Crippen LogP contribution in [0, 0.1) is 13.8 Å². The second kappa shape index (κ2) is 5.53. The summed E-state index contributed by atoms with van der Waals surface area (Å²) in [5.74, 6) is -0.670. The van der Waals surface area contributed by atoms with Crippen molar-refractivity contribution in [3.05, 3.63) is 29.3 Å². The van der Waals surface area contributed by atoms with Crippen LogP contribution in [0.2, 0.25) is 0 Å². The van der Waals surface area contributed by atoms with Crippen molar-refractivity contribution < 1.29 is 26.8 Å². The van der Waals surface area contributed by atoms with E-state index in [0.717, 1.165) is 21.3 Å². The van der Waals surface area contributed by atoms with Gasteiger partial charge in [-0.05, 0) is 31.0 Å². The largest absolute Gasteiger partial charge is 0.500 e. The maximum absolute atomic E-state index is 12.4. The lowest BCUT2D eigenvalue weighted by molar-refractivity contribution is -0.399. The van der Waals surface area contributed by atoms with Crippen molar-refractivity contribution in [1.29, 1.82) is 0 Å². The molecule has 0 aromatic heterocycles. The molecule has 1 atom stereocenters. The van der Waals surface area contributed by atoms with Gasteiger partial charge in [-0.2, -0.15) is 18.1 Å². The number of rotatable bonds is 3. The topological polar surface area (TPSA) is 83.8 Å². The van der Waals surface area contributed by atoms with E-state index in [4.69, 9.17) is 4.18 Å². The first-order chi connectivity index (χ1) is 10.1. The average molecular weight is 325 g/mol. The lowest BCUT2D eigenvalue weighted by atomic mass is 10.1. The van der Waals surface area contributed by atoms with E-state index < -0.39 is 27.3 Å². The second-order valence-electron chi connectivity index (χ2n) is 5.21. The molecule has 1 unspecified atom stereocenters. The van der Waals surface area contributed by atoms with Crippen LogP contribution in [0.5, 0.6) is 5.75 Å². The Morgan fingerprint density at radius 2 is 1.86 bits per heavy atom. The van der Waals surface area contributed by atoms with Crippen molar-refractivity contribution in [3.63, 3.8) is 0 Å². The smallest absolute Gasteiger partial charge is 0.381 e.